The van der Waals surface area contributed by atoms with E-state index in [1.165, 1.54) is 16.5 Å². The Balaban J connectivity index is 2.13. The van der Waals surface area contributed by atoms with E-state index in [0.29, 0.717) is 5.65 Å². The van der Waals surface area contributed by atoms with E-state index in [2.05, 4.69) is 5.10 Å². The van der Waals surface area contributed by atoms with Gasteiger partial charge in [-0.1, -0.05) is 23.7 Å². The molecule has 2 heterocycles. The van der Waals surface area contributed by atoms with Crippen molar-refractivity contribution in [2.45, 2.75) is 6.54 Å². The van der Waals surface area contributed by atoms with Crippen LogP contribution in [0, 0.1) is 10.1 Å². The Bertz CT molecular complexity index is 900. The molecule has 0 spiro atoms. The zero-order chi connectivity index (χ0) is 15.0. The molecule has 0 aliphatic rings. The van der Waals surface area contributed by atoms with Gasteiger partial charge in [0, 0.05) is 12.3 Å². The highest BCUT2D eigenvalue weighted by Crippen LogP contribution is 2.26. The summed E-state index contributed by atoms with van der Waals surface area (Å²) in [5, 5.41) is 15.4. The van der Waals surface area contributed by atoms with Crippen LogP contribution in [0.25, 0.3) is 5.65 Å². The lowest BCUT2D eigenvalue weighted by atomic mass is 10.2. The molecule has 21 heavy (non-hydrogen) atoms. The van der Waals surface area contributed by atoms with Crippen LogP contribution < -0.4 is 5.69 Å². The number of nitro benzene ring substituents is 1. The van der Waals surface area contributed by atoms with E-state index in [-0.39, 0.29) is 28.5 Å². The fraction of sp³-hybridized carbons (Fsp3) is 0.0769. The lowest BCUT2D eigenvalue weighted by molar-refractivity contribution is -0.385. The van der Waals surface area contributed by atoms with Crippen molar-refractivity contribution in [2.24, 2.45) is 0 Å². The summed E-state index contributed by atoms with van der Waals surface area (Å²) < 4.78 is 2.52. The molecule has 0 bridgehead atoms. The maximum absolute atomic E-state index is 12.2. The monoisotopic (exact) mass is 304 g/mol. The maximum atomic E-state index is 12.2. The third kappa shape index (κ3) is 2.27. The Morgan fingerprint density at radius 1 is 1.24 bits per heavy atom. The van der Waals surface area contributed by atoms with Gasteiger partial charge in [0.1, 0.15) is 0 Å². The molecule has 106 valence electrons. The van der Waals surface area contributed by atoms with E-state index in [1.807, 2.05) is 0 Å². The van der Waals surface area contributed by atoms with Crippen LogP contribution in [-0.2, 0) is 6.54 Å². The molecule has 0 unspecified atom stereocenters. The Morgan fingerprint density at radius 2 is 2.05 bits per heavy atom. The van der Waals surface area contributed by atoms with Crippen LogP contribution >= 0.6 is 11.6 Å². The van der Waals surface area contributed by atoms with Gasteiger partial charge in [0.2, 0.25) is 0 Å². The van der Waals surface area contributed by atoms with Crippen LogP contribution in [0.5, 0.6) is 0 Å². The number of hydrogen-bond donors (Lipinski definition) is 0. The number of nitrogens with zero attached hydrogens (tertiary/aromatic N) is 4. The summed E-state index contributed by atoms with van der Waals surface area (Å²) in [7, 11) is 0. The first-order valence-electron chi connectivity index (χ1n) is 6.04. The third-order valence-electron chi connectivity index (χ3n) is 3.09. The number of aromatic nitrogens is 3. The average molecular weight is 305 g/mol. The minimum absolute atomic E-state index is 0.0590. The van der Waals surface area contributed by atoms with Gasteiger partial charge < -0.3 is 0 Å². The molecule has 8 heteroatoms. The van der Waals surface area contributed by atoms with Crippen molar-refractivity contribution in [2.75, 3.05) is 0 Å². The van der Waals surface area contributed by atoms with Crippen LogP contribution in [0.3, 0.4) is 0 Å². The molecule has 0 fully saturated rings. The SMILES string of the molecule is O=c1n(Cc2c(Cl)cccc2[N+](=O)[O-])nc2ccccn12. The lowest BCUT2D eigenvalue weighted by Gasteiger charge is -2.04. The highest BCUT2D eigenvalue weighted by Gasteiger charge is 2.18. The smallest absolute Gasteiger partial charge is 0.258 e. The molecule has 0 atom stereocenters. The predicted octanol–water partition coefficient (Wildman–Crippen LogP) is 2.11. The zero-order valence-corrected chi connectivity index (χ0v) is 11.4. The maximum Gasteiger partial charge on any atom is 0.350 e. The molecule has 2 aromatic heterocycles. The summed E-state index contributed by atoms with van der Waals surface area (Å²) in [5.74, 6) is 0. The fourth-order valence-electron chi connectivity index (χ4n) is 2.10. The number of fused-ring (bicyclic) bond motifs is 1. The van der Waals surface area contributed by atoms with Gasteiger partial charge in [0.25, 0.3) is 5.69 Å². The summed E-state index contributed by atoms with van der Waals surface area (Å²) in [6.07, 6.45) is 1.59. The lowest BCUT2D eigenvalue weighted by Crippen LogP contribution is -2.22. The molecule has 7 nitrogen and oxygen atoms in total. The molecular formula is C13H9ClN4O3. The Hall–Kier alpha value is -2.67. The highest BCUT2D eigenvalue weighted by molar-refractivity contribution is 6.31. The molecule has 3 rings (SSSR count). The summed E-state index contributed by atoms with van der Waals surface area (Å²) in [6, 6.07) is 9.53. The standard InChI is InChI=1S/C13H9ClN4O3/c14-10-4-3-5-11(18(20)21)9(10)8-17-13(19)16-7-2-1-6-12(16)15-17/h1-7H,8H2. The van der Waals surface area contributed by atoms with Crippen molar-refractivity contribution in [3.05, 3.63) is 73.8 Å². The topological polar surface area (TPSA) is 82.4 Å². The molecule has 1 aromatic carbocycles. The normalized spacial score (nSPS) is 10.9. The molecule has 3 aromatic rings. The quantitative estimate of drug-likeness (QED) is 0.548. The number of rotatable bonds is 3. The Labute approximate surface area is 123 Å². The molecule has 0 saturated carbocycles. The van der Waals surface area contributed by atoms with Crippen LogP contribution in [-0.4, -0.2) is 19.1 Å². The predicted molar refractivity (Wildman–Crippen MR) is 76.7 cm³/mol. The summed E-state index contributed by atoms with van der Waals surface area (Å²) in [6.45, 7) is -0.0590. The highest BCUT2D eigenvalue weighted by atomic mass is 35.5. The van der Waals surface area contributed by atoms with Crippen molar-refractivity contribution in [1.29, 1.82) is 0 Å². The second-order valence-electron chi connectivity index (χ2n) is 4.36. The van der Waals surface area contributed by atoms with E-state index in [9.17, 15) is 14.9 Å². The van der Waals surface area contributed by atoms with Gasteiger partial charge in [-0.05, 0) is 18.2 Å². The molecule has 0 aliphatic heterocycles. The number of benzene rings is 1. The van der Waals surface area contributed by atoms with E-state index in [0.717, 1.165) is 4.68 Å². The van der Waals surface area contributed by atoms with E-state index < -0.39 is 4.92 Å². The average Bonchev–Trinajstić information content (AvgIpc) is 2.78. The minimum atomic E-state index is -0.526. The number of halogens is 1. The largest absolute Gasteiger partial charge is 0.350 e. The van der Waals surface area contributed by atoms with Crippen molar-refractivity contribution in [3.8, 4) is 0 Å². The second-order valence-corrected chi connectivity index (χ2v) is 4.77. The van der Waals surface area contributed by atoms with Gasteiger partial charge in [-0.15, -0.1) is 5.10 Å². The van der Waals surface area contributed by atoms with Gasteiger partial charge in [0.05, 0.1) is 22.1 Å². The first kappa shape index (κ1) is 13.3. The minimum Gasteiger partial charge on any atom is -0.258 e. The van der Waals surface area contributed by atoms with E-state index in [4.69, 9.17) is 11.6 Å². The Morgan fingerprint density at radius 3 is 2.76 bits per heavy atom. The van der Waals surface area contributed by atoms with Crippen molar-refractivity contribution < 1.29 is 4.92 Å². The van der Waals surface area contributed by atoms with E-state index >= 15 is 0 Å². The number of nitro groups is 1. The van der Waals surface area contributed by atoms with Gasteiger partial charge in [-0.25, -0.2) is 9.48 Å². The van der Waals surface area contributed by atoms with Crippen molar-refractivity contribution >= 4 is 22.9 Å². The first-order valence-corrected chi connectivity index (χ1v) is 6.41. The van der Waals surface area contributed by atoms with Gasteiger partial charge in [0.15, 0.2) is 5.65 Å². The molecule has 0 N–H and O–H groups in total. The number of pyridine rings is 1. The van der Waals surface area contributed by atoms with Crippen LogP contribution in [0.1, 0.15) is 5.56 Å². The van der Waals surface area contributed by atoms with Crippen LogP contribution in [0.15, 0.2) is 47.4 Å². The molecule has 0 saturated heterocycles. The van der Waals surface area contributed by atoms with E-state index in [1.54, 1.807) is 30.5 Å². The van der Waals surface area contributed by atoms with Crippen LogP contribution in [0.4, 0.5) is 5.69 Å². The van der Waals surface area contributed by atoms with Crippen LogP contribution in [0.2, 0.25) is 5.02 Å². The van der Waals surface area contributed by atoms with Crippen molar-refractivity contribution in [1.82, 2.24) is 14.2 Å². The second kappa shape index (κ2) is 5.02. The fourth-order valence-corrected chi connectivity index (χ4v) is 2.33. The van der Waals surface area contributed by atoms with Gasteiger partial charge in [-0.3, -0.25) is 14.5 Å². The molecule has 0 aliphatic carbocycles. The summed E-state index contributed by atoms with van der Waals surface area (Å²) in [4.78, 5) is 22.7. The molecule has 0 radical (unpaired) electrons. The Kier molecular flexibility index (Phi) is 3.19. The van der Waals surface area contributed by atoms with Crippen molar-refractivity contribution in [3.63, 3.8) is 0 Å². The van der Waals surface area contributed by atoms with Gasteiger partial charge in [-0.2, -0.15) is 0 Å². The van der Waals surface area contributed by atoms with Gasteiger partial charge >= 0.3 is 5.69 Å². The molecule has 0 amide bonds. The third-order valence-corrected chi connectivity index (χ3v) is 3.44. The molecular weight excluding hydrogens is 296 g/mol. The first-order chi connectivity index (χ1) is 10.1. The number of hydrogen-bond acceptors (Lipinski definition) is 4. The zero-order valence-electron chi connectivity index (χ0n) is 10.6. The summed E-state index contributed by atoms with van der Waals surface area (Å²) >= 11 is 6.02. The summed E-state index contributed by atoms with van der Waals surface area (Å²) in [5.41, 5.74) is 0.221.